The second kappa shape index (κ2) is 7.40. The molecule has 0 nitrogen and oxygen atoms in total. The first-order chi connectivity index (χ1) is 5.86. The molecule has 0 spiro atoms. The van der Waals surface area contributed by atoms with E-state index < -0.39 is 0 Å². The van der Waals surface area contributed by atoms with Gasteiger partial charge in [0.2, 0.25) is 0 Å². The van der Waals surface area contributed by atoms with Crippen LogP contribution >= 0.6 is 72.3 Å². The molecule has 0 aromatic rings. The van der Waals surface area contributed by atoms with Crippen LogP contribution in [0.2, 0.25) is 0 Å². The molecule has 6 heteroatoms. The first kappa shape index (κ1) is 12.2. The number of thioether (sulfide) groups is 4. The van der Waals surface area contributed by atoms with Crippen molar-refractivity contribution in [3.05, 3.63) is 0 Å². The lowest BCUT2D eigenvalue weighted by atomic mass is 10.6. The zero-order chi connectivity index (χ0) is 8.81. The summed E-state index contributed by atoms with van der Waals surface area (Å²) in [5, 5.41) is 1.88. The SMILES string of the molecule is SCSC1CCSC(SCS)S1. The lowest BCUT2D eigenvalue weighted by molar-refractivity contribution is 1.07. The van der Waals surface area contributed by atoms with Gasteiger partial charge in [-0.15, -0.1) is 47.0 Å². The summed E-state index contributed by atoms with van der Waals surface area (Å²) in [5.41, 5.74) is 0. The van der Waals surface area contributed by atoms with Crippen LogP contribution in [0.5, 0.6) is 0 Å². The molecule has 1 aliphatic rings. The Bertz CT molecular complexity index is 103. The normalized spacial score (nSPS) is 30.5. The summed E-state index contributed by atoms with van der Waals surface area (Å²) in [6.45, 7) is 0. The molecule has 1 heterocycles. The molecule has 0 radical (unpaired) electrons. The summed E-state index contributed by atoms with van der Waals surface area (Å²) in [6.07, 6.45) is 1.32. The molecule has 0 amide bonds. The summed E-state index contributed by atoms with van der Waals surface area (Å²) in [6, 6.07) is 0. The fourth-order valence-electron chi connectivity index (χ4n) is 0.846. The maximum Gasteiger partial charge on any atom is 0.0975 e. The van der Waals surface area contributed by atoms with E-state index in [1.165, 1.54) is 12.2 Å². The fourth-order valence-corrected chi connectivity index (χ4v) is 8.75. The van der Waals surface area contributed by atoms with Crippen LogP contribution in [0.1, 0.15) is 6.42 Å². The van der Waals surface area contributed by atoms with Crippen LogP contribution in [0.4, 0.5) is 0 Å². The molecule has 1 saturated heterocycles. The van der Waals surface area contributed by atoms with Gasteiger partial charge in [-0.2, -0.15) is 25.3 Å². The van der Waals surface area contributed by atoms with Crippen molar-refractivity contribution >= 4 is 72.3 Å². The molecule has 1 fully saturated rings. The zero-order valence-corrected chi connectivity index (χ0v) is 11.6. The van der Waals surface area contributed by atoms with E-state index in [0.29, 0.717) is 3.91 Å². The highest BCUT2D eigenvalue weighted by Crippen LogP contribution is 2.46. The molecule has 72 valence electrons. The lowest BCUT2D eigenvalue weighted by Crippen LogP contribution is -2.11. The van der Waals surface area contributed by atoms with Crippen LogP contribution in [-0.4, -0.2) is 24.4 Å². The zero-order valence-electron chi connectivity index (χ0n) is 6.51. The Morgan fingerprint density at radius 1 is 1.25 bits per heavy atom. The predicted octanol–water partition coefficient (Wildman–Crippen LogP) is 3.71. The number of rotatable bonds is 4. The van der Waals surface area contributed by atoms with Gasteiger partial charge < -0.3 is 0 Å². The summed E-state index contributed by atoms with van der Waals surface area (Å²) < 4.78 is 1.47. The topological polar surface area (TPSA) is 0 Å². The highest BCUT2D eigenvalue weighted by Gasteiger charge is 2.22. The van der Waals surface area contributed by atoms with E-state index in [4.69, 9.17) is 0 Å². The fraction of sp³-hybridized carbons (Fsp3) is 1.00. The van der Waals surface area contributed by atoms with Crippen molar-refractivity contribution in [3.63, 3.8) is 0 Å². The second-order valence-electron chi connectivity index (χ2n) is 2.11. The lowest BCUT2D eigenvalue weighted by Gasteiger charge is -2.26. The van der Waals surface area contributed by atoms with Gasteiger partial charge in [0.1, 0.15) is 0 Å². The van der Waals surface area contributed by atoms with Gasteiger partial charge in [0.15, 0.2) is 0 Å². The van der Waals surface area contributed by atoms with Crippen molar-refractivity contribution in [3.8, 4) is 0 Å². The quantitative estimate of drug-likeness (QED) is 0.593. The van der Waals surface area contributed by atoms with Crippen molar-refractivity contribution in [1.29, 1.82) is 0 Å². The maximum atomic E-state index is 4.23. The summed E-state index contributed by atoms with van der Waals surface area (Å²) in [5.74, 6) is 1.30. The molecular weight excluding hydrogens is 264 g/mol. The van der Waals surface area contributed by atoms with Gasteiger partial charge in [0, 0.05) is 10.2 Å². The third-order valence-electron chi connectivity index (χ3n) is 1.34. The molecular formula is C6H12S6. The summed E-state index contributed by atoms with van der Waals surface area (Å²) in [7, 11) is 0. The molecule has 0 N–H and O–H groups in total. The second-order valence-corrected chi connectivity index (χ2v) is 9.60. The Hall–Kier alpha value is 2.10. The minimum absolute atomic E-state index is 0.702. The van der Waals surface area contributed by atoms with Crippen molar-refractivity contribution in [2.24, 2.45) is 0 Å². The van der Waals surface area contributed by atoms with E-state index >= 15 is 0 Å². The van der Waals surface area contributed by atoms with Gasteiger partial charge in [-0.1, -0.05) is 0 Å². The Kier molecular flexibility index (Phi) is 7.50. The number of hydrogen-bond donors (Lipinski definition) is 2. The first-order valence-corrected chi connectivity index (χ1v) is 8.94. The van der Waals surface area contributed by atoms with Crippen molar-refractivity contribution in [2.75, 3.05) is 15.9 Å². The molecule has 2 unspecified atom stereocenters. The summed E-state index contributed by atoms with van der Waals surface area (Å²) in [4.78, 5) is 0. The summed E-state index contributed by atoms with van der Waals surface area (Å²) >= 11 is 16.5. The molecule has 1 rings (SSSR count). The average molecular weight is 277 g/mol. The Morgan fingerprint density at radius 2 is 2.00 bits per heavy atom. The minimum atomic E-state index is 0.702. The smallest absolute Gasteiger partial charge is 0.0975 e. The molecule has 1 aliphatic heterocycles. The maximum absolute atomic E-state index is 4.23. The average Bonchev–Trinajstić information content (AvgIpc) is 2.06. The van der Waals surface area contributed by atoms with Crippen molar-refractivity contribution in [2.45, 2.75) is 14.9 Å². The van der Waals surface area contributed by atoms with Crippen LogP contribution in [-0.2, 0) is 0 Å². The number of hydrogen-bond acceptors (Lipinski definition) is 6. The molecule has 0 aromatic heterocycles. The molecule has 12 heavy (non-hydrogen) atoms. The first-order valence-electron chi connectivity index (χ1n) is 3.59. The van der Waals surface area contributed by atoms with Crippen molar-refractivity contribution in [1.82, 2.24) is 0 Å². The van der Waals surface area contributed by atoms with Gasteiger partial charge in [-0.05, 0) is 12.2 Å². The van der Waals surface area contributed by atoms with E-state index in [1.807, 2.05) is 23.5 Å². The van der Waals surface area contributed by atoms with Gasteiger partial charge >= 0.3 is 0 Å². The third kappa shape index (κ3) is 4.55. The molecule has 2 atom stereocenters. The standard InChI is InChI=1S/C6H12S6/c7-3-10-5-1-2-9-6(12-5)11-4-8/h5-8H,1-4H2. The third-order valence-corrected chi connectivity index (χ3v) is 7.96. The minimum Gasteiger partial charge on any atom is -0.168 e. The molecule has 0 aromatic carbocycles. The van der Waals surface area contributed by atoms with Crippen molar-refractivity contribution < 1.29 is 0 Å². The van der Waals surface area contributed by atoms with Crippen LogP contribution < -0.4 is 0 Å². The Balaban J connectivity index is 2.20. The monoisotopic (exact) mass is 276 g/mol. The Labute approximate surface area is 102 Å². The number of thiol groups is 2. The highest BCUT2D eigenvalue weighted by atomic mass is 32.3. The van der Waals surface area contributed by atoms with Gasteiger partial charge in [-0.3, -0.25) is 0 Å². The largest absolute Gasteiger partial charge is 0.168 e. The van der Waals surface area contributed by atoms with Gasteiger partial charge in [0.25, 0.3) is 0 Å². The van der Waals surface area contributed by atoms with Gasteiger partial charge in [-0.25, -0.2) is 0 Å². The van der Waals surface area contributed by atoms with E-state index in [9.17, 15) is 0 Å². The predicted molar refractivity (Wildman–Crippen MR) is 75.1 cm³/mol. The Morgan fingerprint density at radius 3 is 2.67 bits per heavy atom. The van der Waals surface area contributed by atoms with E-state index in [1.54, 1.807) is 0 Å². The van der Waals surface area contributed by atoms with E-state index in [2.05, 4.69) is 48.8 Å². The van der Waals surface area contributed by atoms with Crippen LogP contribution in [0, 0.1) is 0 Å². The van der Waals surface area contributed by atoms with Crippen LogP contribution in [0.3, 0.4) is 0 Å². The van der Waals surface area contributed by atoms with E-state index in [0.717, 1.165) is 14.8 Å². The van der Waals surface area contributed by atoms with Gasteiger partial charge in [0.05, 0.1) is 8.50 Å². The highest BCUT2D eigenvalue weighted by molar-refractivity contribution is 8.37. The van der Waals surface area contributed by atoms with Crippen LogP contribution in [0.15, 0.2) is 0 Å². The molecule has 0 bridgehead atoms. The van der Waals surface area contributed by atoms with Crippen LogP contribution in [0.25, 0.3) is 0 Å². The molecule has 0 saturated carbocycles. The van der Waals surface area contributed by atoms with E-state index in [-0.39, 0.29) is 0 Å². The molecule has 0 aliphatic carbocycles.